The van der Waals surface area contributed by atoms with Crippen LogP contribution in [0.15, 0.2) is 54.6 Å². The number of aryl methyl sites for hydroxylation is 1. The molecule has 7 heteroatoms. The number of rotatable bonds is 16. The van der Waals surface area contributed by atoms with Crippen molar-refractivity contribution < 1.29 is 19.1 Å². The van der Waals surface area contributed by atoms with Crippen molar-refractivity contribution in [2.45, 2.75) is 118 Å². The van der Waals surface area contributed by atoms with Crippen LogP contribution in [0.1, 0.15) is 109 Å². The van der Waals surface area contributed by atoms with E-state index in [0.717, 1.165) is 48.8 Å². The van der Waals surface area contributed by atoms with E-state index in [1.807, 2.05) is 75.4 Å². The fourth-order valence-electron chi connectivity index (χ4n) is 4.92. The molecule has 42 heavy (non-hydrogen) atoms. The first kappa shape index (κ1) is 34.8. The SMILES string of the molecule is CCCCCCCCN(C(=O)C(NC(=O)OC(C)(C)C)C(C)CC)C(C(=O)NCc1ccccc1)c1cccc(C)c1. The number of hydrogen-bond donors (Lipinski definition) is 2. The Labute approximate surface area is 253 Å². The Morgan fingerprint density at radius 2 is 1.57 bits per heavy atom. The summed E-state index contributed by atoms with van der Waals surface area (Å²) in [7, 11) is 0. The number of benzene rings is 2. The third-order valence-electron chi connectivity index (χ3n) is 7.41. The standard InChI is InChI=1S/C35H53N3O4/c1-8-10-11-12-13-17-23-38(33(40)30(27(4)9-2)37-34(41)42-35(5,6)7)31(29-22-18-19-26(3)24-29)32(39)36-25-28-20-15-14-16-21-28/h14-16,18-22,24,27,30-31H,8-13,17,23,25H2,1-7H3,(H,36,39)(H,37,41). The van der Waals surface area contributed by atoms with Crippen molar-refractivity contribution in [3.63, 3.8) is 0 Å². The van der Waals surface area contributed by atoms with Crippen molar-refractivity contribution >= 4 is 17.9 Å². The van der Waals surface area contributed by atoms with E-state index in [9.17, 15) is 14.4 Å². The number of nitrogens with one attached hydrogen (secondary N) is 2. The van der Waals surface area contributed by atoms with Crippen molar-refractivity contribution in [3.8, 4) is 0 Å². The van der Waals surface area contributed by atoms with Gasteiger partial charge in [0.05, 0.1) is 0 Å². The molecule has 0 saturated carbocycles. The topological polar surface area (TPSA) is 87.7 Å². The molecule has 3 amide bonds. The summed E-state index contributed by atoms with van der Waals surface area (Å²) in [4.78, 5) is 43.0. The molecule has 232 valence electrons. The maximum atomic E-state index is 14.5. The van der Waals surface area contributed by atoms with Crippen molar-refractivity contribution in [2.75, 3.05) is 6.54 Å². The molecule has 2 rings (SSSR count). The van der Waals surface area contributed by atoms with Crippen LogP contribution in [0.25, 0.3) is 0 Å². The minimum Gasteiger partial charge on any atom is -0.444 e. The second-order valence-electron chi connectivity index (χ2n) is 12.3. The third-order valence-corrected chi connectivity index (χ3v) is 7.41. The van der Waals surface area contributed by atoms with Gasteiger partial charge in [-0.15, -0.1) is 0 Å². The highest BCUT2D eigenvalue weighted by molar-refractivity contribution is 5.92. The van der Waals surface area contributed by atoms with E-state index >= 15 is 0 Å². The van der Waals surface area contributed by atoms with Gasteiger partial charge >= 0.3 is 6.09 Å². The van der Waals surface area contributed by atoms with E-state index in [1.165, 1.54) is 6.42 Å². The molecule has 2 N–H and O–H groups in total. The largest absolute Gasteiger partial charge is 0.444 e. The quantitative estimate of drug-likeness (QED) is 0.202. The van der Waals surface area contributed by atoms with E-state index in [4.69, 9.17) is 4.74 Å². The zero-order chi connectivity index (χ0) is 31.1. The highest BCUT2D eigenvalue weighted by Crippen LogP contribution is 2.26. The Balaban J connectivity index is 2.46. The minimum absolute atomic E-state index is 0.164. The van der Waals surface area contributed by atoms with Gasteiger partial charge in [0.1, 0.15) is 17.7 Å². The molecular formula is C35H53N3O4. The molecule has 3 atom stereocenters. The van der Waals surface area contributed by atoms with Crippen molar-refractivity contribution in [1.82, 2.24) is 15.5 Å². The molecule has 0 heterocycles. The van der Waals surface area contributed by atoms with Crippen LogP contribution in [-0.4, -0.2) is 41.0 Å². The Morgan fingerprint density at radius 3 is 2.19 bits per heavy atom. The van der Waals surface area contributed by atoms with Gasteiger partial charge in [-0.3, -0.25) is 9.59 Å². The molecule has 7 nitrogen and oxygen atoms in total. The molecule has 3 unspecified atom stereocenters. The second kappa shape index (κ2) is 17.6. The van der Waals surface area contributed by atoms with Gasteiger partial charge in [0.2, 0.25) is 11.8 Å². The third kappa shape index (κ3) is 11.9. The fourth-order valence-corrected chi connectivity index (χ4v) is 4.92. The molecule has 0 saturated heterocycles. The smallest absolute Gasteiger partial charge is 0.408 e. The summed E-state index contributed by atoms with van der Waals surface area (Å²) in [5.74, 6) is -0.684. The Hall–Kier alpha value is -3.35. The van der Waals surface area contributed by atoms with Gasteiger partial charge in [0.25, 0.3) is 0 Å². The lowest BCUT2D eigenvalue weighted by molar-refractivity contribution is -0.143. The lowest BCUT2D eigenvalue weighted by Crippen LogP contribution is -2.55. The predicted molar refractivity (Wildman–Crippen MR) is 170 cm³/mol. The first-order valence-electron chi connectivity index (χ1n) is 15.6. The summed E-state index contributed by atoms with van der Waals surface area (Å²) in [6, 6.07) is 15.8. The van der Waals surface area contributed by atoms with Crippen LogP contribution in [0.3, 0.4) is 0 Å². The number of unbranched alkanes of at least 4 members (excludes halogenated alkanes) is 5. The number of alkyl carbamates (subject to hydrolysis) is 1. The summed E-state index contributed by atoms with van der Waals surface area (Å²) in [6.07, 6.45) is 6.34. The van der Waals surface area contributed by atoms with Crippen molar-refractivity contribution in [2.24, 2.45) is 5.92 Å². The lowest BCUT2D eigenvalue weighted by atomic mass is 9.95. The zero-order valence-electron chi connectivity index (χ0n) is 26.9. The van der Waals surface area contributed by atoms with Crippen LogP contribution in [0.4, 0.5) is 4.79 Å². The van der Waals surface area contributed by atoms with Crippen LogP contribution >= 0.6 is 0 Å². The number of carbonyl (C=O) groups is 3. The summed E-state index contributed by atoms with van der Waals surface area (Å²) >= 11 is 0. The van der Waals surface area contributed by atoms with Gasteiger partial charge < -0.3 is 20.3 Å². The molecule has 0 aliphatic rings. The molecule has 0 fully saturated rings. The van der Waals surface area contributed by atoms with Gasteiger partial charge in [0, 0.05) is 13.1 Å². The maximum absolute atomic E-state index is 14.5. The van der Waals surface area contributed by atoms with Crippen LogP contribution in [0.2, 0.25) is 0 Å². The summed E-state index contributed by atoms with van der Waals surface area (Å²) in [6.45, 7) is 14.2. The van der Waals surface area contributed by atoms with Crippen LogP contribution in [-0.2, 0) is 20.9 Å². The van der Waals surface area contributed by atoms with Crippen molar-refractivity contribution in [1.29, 1.82) is 0 Å². The summed E-state index contributed by atoms with van der Waals surface area (Å²) in [5.41, 5.74) is 2.03. The van der Waals surface area contributed by atoms with E-state index in [1.54, 1.807) is 25.7 Å². The van der Waals surface area contributed by atoms with Crippen molar-refractivity contribution in [3.05, 3.63) is 71.3 Å². The Bertz CT molecular complexity index is 1110. The molecule has 2 aromatic rings. The van der Waals surface area contributed by atoms with Crippen LogP contribution in [0.5, 0.6) is 0 Å². The summed E-state index contributed by atoms with van der Waals surface area (Å²) < 4.78 is 5.52. The van der Waals surface area contributed by atoms with E-state index < -0.39 is 23.8 Å². The molecular weight excluding hydrogens is 526 g/mol. The monoisotopic (exact) mass is 579 g/mol. The number of amides is 3. The average Bonchev–Trinajstić information content (AvgIpc) is 2.94. The Morgan fingerprint density at radius 1 is 0.905 bits per heavy atom. The van der Waals surface area contributed by atoms with E-state index in [0.29, 0.717) is 19.5 Å². The second-order valence-corrected chi connectivity index (χ2v) is 12.3. The molecule has 0 spiro atoms. The number of hydrogen-bond acceptors (Lipinski definition) is 4. The highest BCUT2D eigenvalue weighted by Gasteiger charge is 2.38. The predicted octanol–water partition coefficient (Wildman–Crippen LogP) is 7.48. The number of ether oxygens (including phenoxy) is 1. The van der Waals surface area contributed by atoms with Gasteiger partial charge in [-0.2, -0.15) is 0 Å². The van der Waals surface area contributed by atoms with Gasteiger partial charge in [-0.25, -0.2) is 4.79 Å². The van der Waals surface area contributed by atoms with Crippen LogP contribution in [0, 0.1) is 12.8 Å². The first-order chi connectivity index (χ1) is 20.0. The molecule has 2 aromatic carbocycles. The van der Waals surface area contributed by atoms with Crippen LogP contribution < -0.4 is 10.6 Å². The van der Waals surface area contributed by atoms with Gasteiger partial charge in [-0.1, -0.05) is 119 Å². The highest BCUT2D eigenvalue weighted by atomic mass is 16.6. The molecule has 0 bridgehead atoms. The minimum atomic E-state index is -0.844. The molecule has 0 aromatic heterocycles. The number of nitrogens with zero attached hydrogens (tertiary/aromatic N) is 1. The Kier molecular flexibility index (Phi) is 14.6. The van der Waals surface area contributed by atoms with Gasteiger partial charge in [-0.05, 0) is 51.2 Å². The molecule has 0 aliphatic carbocycles. The van der Waals surface area contributed by atoms with E-state index in [-0.39, 0.29) is 17.7 Å². The lowest BCUT2D eigenvalue weighted by Gasteiger charge is -2.36. The number of carbonyl (C=O) groups excluding carboxylic acids is 3. The summed E-state index contributed by atoms with van der Waals surface area (Å²) in [5, 5.41) is 5.93. The first-order valence-corrected chi connectivity index (χ1v) is 15.6. The van der Waals surface area contributed by atoms with Gasteiger partial charge in [0.15, 0.2) is 0 Å². The van der Waals surface area contributed by atoms with E-state index in [2.05, 4.69) is 17.6 Å². The average molecular weight is 580 g/mol. The zero-order valence-corrected chi connectivity index (χ0v) is 26.9. The molecule has 0 aliphatic heterocycles. The fraction of sp³-hybridized carbons (Fsp3) is 0.571. The maximum Gasteiger partial charge on any atom is 0.408 e. The normalized spacial score (nSPS) is 13.5. The molecule has 0 radical (unpaired) electrons.